The van der Waals surface area contributed by atoms with Gasteiger partial charge in [0.15, 0.2) is 5.96 Å². The molecule has 0 aromatic rings. The maximum atomic E-state index is 5.40. The summed E-state index contributed by atoms with van der Waals surface area (Å²) in [6.45, 7) is 14.2. The lowest BCUT2D eigenvalue weighted by atomic mass is 9.97. The zero-order valence-electron chi connectivity index (χ0n) is 17.3. The van der Waals surface area contributed by atoms with Crippen LogP contribution in [0.3, 0.4) is 0 Å². The van der Waals surface area contributed by atoms with E-state index in [1.165, 1.54) is 25.9 Å². The molecule has 0 radical (unpaired) electrons. The molecule has 0 aromatic carbocycles. The molecule has 2 aliphatic heterocycles. The topological polar surface area (TPSA) is 61.4 Å². The highest BCUT2D eigenvalue weighted by Gasteiger charge is 2.18. The number of piperidine rings is 1. The molecule has 2 aliphatic rings. The van der Waals surface area contributed by atoms with Gasteiger partial charge in [0.05, 0.1) is 19.8 Å². The van der Waals surface area contributed by atoms with Gasteiger partial charge in [-0.3, -0.25) is 9.89 Å². The van der Waals surface area contributed by atoms with Crippen molar-refractivity contribution in [3.63, 3.8) is 0 Å². The van der Waals surface area contributed by atoms with E-state index in [-0.39, 0.29) is 24.0 Å². The van der Waals surface area contributed by atoms with E-state index in [4.69, 9.17) is 14.5 Å². The van der Waals surface area contributed by atoms with Crippen molar-refractivity contribution in [1.29, 1.82) is 0 Å². The zero-order chi connectivity index (χ0) is 18.5. The van der Waals surface area contributed by atoms with E-state index >= 15 is 0 Å². The molecular weight excluding hydrogens is 457 g/mol. The van der Waals surface area contributed by atoms with Crippen LogP contribution in [0.5, 0.6) is 0 Å². The molecule has 0 bridgehead atoms. The minimum atomic E-state index is 0. The van der Waals surface area contributed by atoms with Gasteiger partial charge in [-0.1, -0.05) is 0 Å². The van der Waals surface area contributed by atoms with Gasteiger partial charge in [0.25, 0.3) is 0 Å². The minimum Gasteiger partial charge on any atom is -0.383 e. The second-order valence-electron chi connectivity index (χ2n) is 7.23. The number of halogens is 1. The molecule has 0 aromatic heterocycles. The first-order chi connectivity index (χ1) is 12.8. The fourth-order valence-corrected chi connectivity index (χ4v) is 3.51. The number of ether oxygens (including phenoxy) is 2. The number of aliphatic imine (C=N–C) groups is 1. The van der Waals surface area contributed by atoms with Crippen LogP contribution in [0.1, 0.15) is 26.2 Å². The third-order valence-corrected chi connectivity index (χ3v) is 5.22. The van der Waals surface area contributed by atoms with Crippen LogP contribution in [-0.2, 0) is 9.47 Å². The lowest BCUT2D eigenvalue weighted by molar-refractivity contribution is 0.0376. The Morgan fingerprint density at radius 3 is 2.44 bits per heavy atom. The van der Waals surface area contributed by atoms with Gasteiger partial charge in [-0.25, -0.2) is 0 Å². The van der Waals surface area contributed by atoms with Crippen molar-refractivity contribution in [2.75, 3.05) is 85.8 Å². The average molecular weight is 497 g/mol. The number of hydrogen-bond donors (Lipinski definition) is 2. The van der Waals surface area contributed by atoms with Crippen LogP contribution in [0.2, 0.25) is 0 Å². The molecule has 27 heavy (non-hydrogen) atoms. The standard InChI is InChI=1S/C19H39N5O2.HI/c1-3-20-19(21-7-4-8-23-12-15-26-16-13-23)22-17-18-5-9-24(10-6-18)11-14-25-2;/h18H,3-17H2,1-2H3,(H2,20,21,22);1H. The Morgan fingerprint density at radius 1 is 1.07 bits per heavy atom. The summed E-state index contributed by atoms with van der Waals surface area (Å²) < 4.78 is 10.6. The molecule has 0 amide bonds. The fourth-order valence-electron chi connectivity index (χ4n) is 3.51. The summed E-state index contributed by atoms with van der Waals surface area (Å²) in [5.41, 5.74) is 0. The van der Waals surface area contributed by atoms with Gasteiger partial charge >= 0.3 is 0 Å². The molecule has 0 saturated carbocycles. The van der Waals surface area contributed by atoms with Gasteiger partial charge in [0.1, 0.15) is 0 Å². The van der Waals surface area contributed by atoms with Crippen LogP contribution in [0.25, 0.3) is 0 Å². The van der Waals surface area contributed by atoms with E-state index in [1.807, 2.05) is 0 Å². The number of methoxy groups -OCH3 is 1. The van der Waals surface area contributed by atoms with Crippen molar-refractivity contribution in [1.82, 2.24) is 20.4 Å². The molecule has 0 spiro atoms. The Labute approximate surface area is 182 Å². The number of guanidine groups is 1. The number of rotatable bonds is 10. The van der Waals surface area contributed by atoms with Crippen LogP contribution in [0, 0.1) is 5.92 Å². The molecule has 2 fully saturated rings. The highest BCUT2D eigenvalue weighted by molar-refractivity contribution is 14.0. The predicted octanol–water partition coefficient (Wildman–Crippen LogP) is 1.24. The molecule has 0 atom stereocenters. The summed E-state index contributed by atoms with van der Waals surface area (Å²) >= 11 is 0. The van der Waals surface area contributed by atoms with Gasteiger partial charge in [-0.2, -0.15) is 0 Å². The average Bonchev–Trinajstić information content (AvgIpc) is 2.69. The van der Waals surface area contributed by atoms with Gasteiger partial charge in [0, 0.05) is 46.4 Å². The molecule has 2 N–H and O–H groups in total. The molecule has 0 aliphatic carbocycles. The van der Waals surface area contributed by atoms with Crippen LogP contribution in [0.4, 0.5) is 0 Å². The molecule has 2 heterocycles. The number of nitrogens with one attached hydrogen (secondary N) is 2. The van der Waals surface area contributed by atoms with Crippen LogP contribution < -0.4 is 10.6 Å². The number of likely N-dealkylation sites (tertiary alicyclic amines) is 1. The zero-order valence-corrected chi connectivity index (χ0v) is 19.6. The lowest BCUT2D eigenvalue weighted by Gasteiger charge is -2.31. The van der Waals surface area contributed by atoms with E-state index in [2.05, 4.69) is 27.4 Å². The van der Waals surface area contributed by atoms with Gasteiger partial charge in [-0.05, 0) is 51.7 Å². The monoisotopic (exact) mass is 497 g/mol. The van der Waals surface area contributed by atoms with Crippen LogP contribution >= 0.6 is 24.0 Å². The first kappa shape index (κ1) is 24.9. The first-order valence-corrected chi connectivity index (χ1v) is 10.4. The Morgan fingerprint density at radius 2 is 1.78 bits per heavy atom. The fraction of sp³-hybridized carbons (Fsp3) is 0.947. The maximum absolute atomic E-state index is 5.40. The minimum absolute atomic E-state index is 0. The van der Waals surface area contributed by atoms with Crippen molar-refractivity contribution in [3.05, 3.63) is 0 Å². The summed E-state index contributed by atoms with van der Waals surface area (Å²) in [5.74, 6) is 1.67. The summed E-state index contributed by atoms with van der Waals surface area (Å²) in [6.07, 6.45) is 3.62. The van der Waals surface area contributed by atoms with Crippen molar-refractivity contribution < 1.29 is 9.47 Å². The third-order valence-electron chi connectivity index (χ3n) is 5.22. The largest absolute Gasteiger partial charge is 0.383 e. The number of hydrogen-bond acceptors (Lipinski definition) is 5. The van der Waals surface area contributed by atoms with Crippen molar-refractivity contribution >= 4 is 29.9 Å². The molecule has 0 unspecified atom stereocenters. The smallest absolute Gasteiger partial charge is 0.191 e. The maximum Gasteiger partial charge on any atom is 0.191 e. The van der Waals surface area contributed by atoms with E-state index in [1.54, 1.807) is 7.11 Å². The van der Waals surface area contributed by atoms with Crippen molar-refractivity contribution in [2.24, 2.45) is 10.9 Å². The van der Waals surface area contributed by atoms with Crippen molar-refractivity contribution in [2.45, 2.75) is 26.2 Å². The predicted molar refractivity (Wildman–Crippen MR) is 122 cm³/mol. The van der Waals surface area contributed by atoms with E-state index in [9.17, 15) is 0 Å². The number of nitrogens with zero attached hydrogens (tertiary/aromatic N) is 3. The number of morpholine rings is 1. The molecular formula is C19H40IN5O2. The quantitative estimate of drug-likeness (QED) is 0.205. The van der Waals surface area contributed by atoms with E-state index in [0.717, 1.165) is 78.0 Å². The van der Waals surface area contributed by atoms with Crippen LogP contribution in [0.15, 0.2) is 4.99 Å². The van der Waals surface area contributed by atoms with Crippen molar-refractivity contribution in [3.8, 4) is 0 Å². The first-order valence-electron chi connectivity index (χ1n) is 10.4. The normalized spacial score (nSPS) is 20.3. The summed E-state index contributed by atoms with van der Waals surface area (Å²) in [7, 11) is 1.78. The second kappa shape index (κ2) is 15.7. The molecule has 2 saturated heterocycles. The van der Waals surface area contributed by atoms with Crippen LogP contribution in [-0.4, -0.2) is 102 Å². The highest BCUT2D eigenvalue weighted by Crippen LogP contribution is 2.17. The van der Waals surface area contributed by atoms with Gasteiger partial charge in [-0.15, -0.1) is 24.0 Å². The van der Waals surface area contributed by atoms with E-state index in [0.29, 0.717) is 5.92 Å². The Balaban J connectivity index is 0.00000364. The molecule has 2 rings (SSSR count). The molecule has 160 valence electrons. The van der Waals surface area contributed by atoms with Gasteiger partial charge < -0.3 is 25.0 Å². The summed E-state index contributed by atoms with van der Waals surface area (Å²) in [4.78, 5) is 9.80. The Bertz CT molecular complexity index is 386. The lowest BCUT2D eigenvalue weighted by Crippen LogP contribution is -2.41. The molecule has 7 nitrogen and oxygen atoms in total. The Kier molecular flexibility index (Phi) is 14.5. The van der Waals surface area contributed by atoms with E-state index < -0.39 is 0 Å². The summed E-state index contributed by atoms with van der Waals surface area (Å²) in [5, 5.41) is 6.87. The molecule has 8 heteroatoms. The SMILES string of the molecule is CCNC(=NCC1CCN(CCOC)CC1)NCCCN1CCOCC1.I. The van der Waals surface area contributed by atoms with Gasteiger partial charge in [0.2, 0.25) is 0 Å². The third kappa shape index (κ3) is 10.8. The Hall–Kier alpha value is -0.160. The second-order valence-corrected chi connectivity index (χ2v) is 7.23. The summed E-state index contributed by atoms with van der Waals surface area (Å²) in [6, 6.07) is 0. The highest BCUT2D eigenvalue weighted by atomic mass is 127.